The molecule has 8 heteroatoms. The molecule has 0 spiro atoms. The van der Waals surface area contributed by atoms with Gasteiger partial charge in [0.25, 0.3) is 0 Å². The number of hydrogen-bond donors (Lipinski definition) is 2. The summed E-state index contributed by atoms with van der Waals surface area (Å²) in [6, 6.07) is 8.84. The summed E-state index contributed by atoms with van der Waals surface area (Å²) in [5.74, 6) is -3.65. The van der Waals surface area contributed by atoms with Gasteiger partial charge in [-0.25, -0.2) is 18.2 Å². The van der Waals surface area contributed by atoms with Crippen LogP contribution in [-0.2, 0) is 0 Å². The second kappa shape index (κ2) is 7.21. The average molecular weight is 379 g/mol. The Balaban J connectivity index is 1.91. The third-order valence-electron chi connectivity index (χ3n) is 3.67. The van der Waals surface area contributed by atoms with Crippen molar-refractivity contribution in [2.75, 3.05) is 10.6 Å². The summed E-state index contributed by atoms with van der Waals surface area (Å²) in [7, 11) is 0. The summed E-state index contributed by atoms with van der Waals surface area (Å²) < 4.78 is 40.3. The number of nitrogens with zero attached hydrogens (tertiary/aromatic N) is 2. The number of halogens is 4. The van der Waals surface area contributed by atoms with Crippen LogP contribution in [0.5, 0.6) is 0 Å². The van der Waals surface area contributed by atoms with Crippen molar-refractivity contribution in [3.8, 4) is 0 Å². The normalized spacial score (nSPS) is 10.7. The topological polar surface area (TPSA) is 49.8 Å². The summed E-state index contributed by atoms with van der Waals surface area (Å²) in [5.41, 5.74) is 1.90. The maximum absolute atomic E-state index is 13.8. The first-order valence-corrected chi connectivity index (χ1v) is 8.01. The average Bonchev–Trinajstić information content (AvgIpc) is 2.59. The predicted molar refractivity (Wildman–Crippen MR) is 95.8 cm³/mol. The van der Waals surface area contributed by atoms with Gasteiger partial charge in [-0.05, 0) is 43.7 Å². The van der Waals surface area contributed by atoms with E-state index in [0.29, 0.717) is 16.4 Å². The van der Waals surface area contributed by atoms with Crippen LogP contribution in [0.2, 0.25) is 5.02 Å². The molecular formula is C18H14ClF3N4. The van der Waals surface area contributed by atoms with Crippen molar-refractivity contribution in [3.63, 3.8) is 0 Å². The predicted octanol–water partition coefficient (Wildman–Crippen LogP) is 5.65. The number of nitrogens with one attached hydrogen (secondary N) is 2. The van der Waals surface area contributed by atoms with E-state index in [0.717, 1.165) is 17.7 Å². The Morgan fingerprint density at radius 2 is 1.65 bits per heavy atom. The van der Waals surface area contributed by atoms with Crippen molar-refractivity contribution >= 4 is 34.7 Å². The molecule has 0 unspecified atom stereocenters. The molecule has 1 heterocycles. The Kier molecular flexibility index (Phi) is 4.99. The van der Waals surface area contributed by atoms with Crippen LogP contribution in [-0.4, -0.2) is 9.97 Å². The molecule has 0 atom stereocenters. The Morgan fingerprint density at radius 1 is 0.885 bits per heavy atom. The fraction of sp³-hybridized carbons (Fsp3) is 0.111. The Bertz CT molecular complexity index is 979. The van der Waals surface area contributed by atoms with Crippen LogP contribution in [0.1, 0.15) is 11.3 Å². The molecule has 0 amide bonds. The minimum Gasteiger partial charge on any atom is -0.338 e. The van der Waals surface area contributed by atoms with E-state index >= 15 is 0 Å². The maximum atomic E-state index is 13.8. The molecule has 0 aliphatic carbocycles. The molecule has 0 fully saturated rings. The van der Waals surface area contributed by atoms with E-state index in [1.54, 1.807) is 25.1 Å². The summed E-state index contributed by atoms with van der Waals surface area (Å²) in [6.45, 7) is 3.57. The van der Waals surface area contributed by atoms with E-state index < -0.39 is 17.5 Å². The first-order valence-electron chi connectivity index (χ1n) is 7.63. The fourth-order valence-corrected chi connectivity index (χ4v) is 2.49. The van der Waals surface area contributed by atoms with Gasteiger partial charge in [-0.1, -0.05) is 17.7 Å². The molecule has 3 aromatic rings. The van der Waals surface area contributed by atoms with Crippen molar-refractivity contribution in [3.05, 3.63) is 70.1 Å². The lowest BCUT2D eigenvalue weighted by Gasteiger charge is -2.12. The Morgan fingerprint density at radius 3 is 2.42 bits per heavy atom. The van der Waals surface area contributed by atoms with Gasteiger partial charge in [0.1, 0.15) is 5.82 Å². The molecule has 4 nitrogen and oxygen atoms in total. The van der Waals surface area contributed by atoms with Crippen LogP contribution >= 0.6 is 11.6 Å². The smallest absolute Gasteiger partial charge is 0.229 e. The highest BCUT2D eigenvalue weighted by atomic mass is 35.5. The number of rotatable bonds is 4. The molecule has 2 aromatic carbocycles. The van der Waals surface area contributed by atoms with Gasteiger partial charge in [0.05, 0.1) is 5.69 Å². The standard InChI is InChI=1S/C18H14ClF3N4/c1-9-8-15(24-14-7-6-12(20)16(21)17(14)22)26-18(23-9)25-13-5-3-4-11(19)10(13)2/h3-8H,1-2H3,(H2,23,24,25,26). The highest BCUT2D eigenvalue weighted by molar-refractivity contribution is 6.31. The maximum Gasteiger partial charge on any atom is 0.229 e. The largest absolute Gasteiger partial charge is 0.338 e. The molecule has 0 radical (unpaired) electrons. The molecule has 1 aromatic heterocycles. The van der Waals surface area contributed by atoms with Gasteiger partial charge < -0.3 is 10.6 Å². The van der Waals surface area contributed by atoms with Gasteiger partial charge >= 0.3 is 0 Å². The van der Waals surface area contributed by atoms with Gasteiger partial charge in [0.15, 0.2) is 17.5 Å². The minimum atomic E-state index is -1.55. The van der Waals surface area contributed by atoms with Gasteiger partial charge in [-0.3, -0.25) is 0 Å². The van der Waals surface area contributed by atoms with Gasteiger partial charge in [-0.2, -0.15) is 4.98 Å². The molecule has 2 N–H and O–H groups in total. The number of hydrogen-bond acceptors (Lipinski definition) is 4. The fourth-order valence-electron chi connectivity index (χ4n) is 2.31. The molecule has 26 heavy (non-hydrogen) atoms. The van der Waals surface area contributed by atoms with Crippen molar-refractivity contribution < 1.29 is 13.2 Å². The number of aryl methyl sites for hydroxylation is 1. The van der Waals surface area contributed by atoms with Crippen LogP contribution in [0.25, 0.3) is 0 Å². The zero-order chi connectivity index (χ0) is 18.8. The van der Waals surface area contributed by atoms with Crippen molar-refractivity contribution in [1.82, 2.24) is 9.97 Å². The van der Waals surface area contributed by atoms with E-state index in [2.05, 4.69) is 20.6 Å². The summed E-state index contributed by atoms with van der Waals surface area (Å²) >= 11 is 6.09. The quantitative estimate of drug-likeness (QED) is 0.576. The van der Waals surface area contributed by atoms with Crippen LogP contribution in [0, 0.1) is 31.3 Å². The lowest BCUT2D eigenvalue weighted by molar-refractivity contribution is 0.449. The molecule has 0 saturated heterocycles. The molecule has 0 aliphatic rings. The van der Waals surface area contributed by atoms with Crippen LogP contribution in [0.3, 0.4) is 0 Å². The van der Waals surface area contributed by atoms with Gasteiger partial charge in [0, 0.05) is 22.5 Å². The number of anilines is 4. The van der Waals surface area contributed by atoms with Gasteiger partial charge in [-0.15, -0.1) is 0 Å². The summed E-state index contributed by atoms with van der Waals surface area (Å²) in [5, 5.41) is 6.26. The molecular weight excluding hydrogens is 365 g/mol. The SMILES string of the molecule is Cc1cc(Nc2ccc(F)c(F)c2F)nc(Nc2cccc(Cl)c2C)n1. The van der Waals surface area contributed by atoms with E-state index in [9.17, 15) is 13.2 Å². The van der Waals surface area contributed by atoms with Crippen LogP contribution in [0.4, 0.5) is 36.3 Å². The van der Waals surface area contributed by atoms with Crippen LogP contribution in [0.15, 0.2) is 36.4 Å². The first kappa shape index (κ1) is 18.0. The molecule has 134 valence electrons. The number of benzene rings is 2. The van der Waals surface area contributed by atoms with E-state index in [-0.39, 0.29) is 17.5 Å². The van der Waals surface area contributed by atoms with Crippen LogP contribution < -0.4 is 10.6 Å². The summed E-state index contributed by atoms with van der Waals surface area (Å²) in [4.78, 5) is 8.49. The van der Waals surface area contributed by atoms with E-state index in [1.807, 2.05) is 13.0 Å². The molecule has 0 aliphatic heterocycles. The third kappa shape index (κ3) is 3.72. The van der Waals surface area contributed by atoms with Crippen molar-refractivity contribution in [2.24, 2.45) is 0 Å². The molecule has 3 rings (SSSR count). The number of aromatic nitrogens is 2. The third-order valence-corrected chi connectivity index (χ3v) is 4.08. The second-order valence-corrected chi connectivity index (χ2v) is 6.01. The summed E-state index contributed by atoms with van der Waals surface area (Å²) in [6.07, 6.45) is 0. The minimum absolute atomic E-state index is 0.226. The zero-order valence-corrected chi connectivity index (χ0v) is 14.6. The molecule has 0 saturated carbocycles. The first-order chi connectivity index (χ1) is 12.3. The Hall–Kier alpha value is -2.80. The molecule has 0 bridgehead atoms. The highest BCUT2D eigenvalue weighted by Crippen LogP contribution is 2.27. The van der Waals surface area contributed by atoms with Crippen molar-refractivity contribution in [2.45, 2.75) is 13.8 Å². The van der Waals surface area contributed by atoms with Gasteiger partial charge in [0.2, 0.25) is 5.95 Å². The lowest BCUT2D eigenvalue weighted by Crippen LogP contribution is -2.05. The second-order valence-electron chi connectivity index (χ2n) is 5.60. The van der Waals surface area contributed by atoms with E-state index in [4.69, 9.17) is 11.6 Å². The lowest BCUT2D eigenvalue weighted by atomic mass is 10.2. The highest BCUT2D eigenvalue weighted by Gasteiger charge is 2.14. The monoisotopic (exact) mass is 378 g/mol. The van der Waals surface area contributed by atoms with E-state index in [1.165, 1.54) is 0 Å². The van der Waals surface area contributed by atoms with Crippen molar-refractivity contribution in [1.29, 1.82) is 0 Å². The Labute approximate surface area is 153 Å². The zero-order valence-electron chi connectivity index (χ0n) is 13.9.